The number of hydrogen-bond acceptors (Lipinski definition) is 4. The summed E-state index contributed by atoms with van der Waals surface area (Å²) >= 11 is 11.9. The lowest BCUT2D eigenvalue weighted by Gasteiger charge is -2.18. The third-order valence-electron chi connectivity index (χ3n) is 3.41. The number of carboxylic acids is 1. The maximum absolute atomic E-state index is 12.6. The first-order valence-corrected chi connectivity index (χ1v) is 7.61. The number of aryl methyl sites for hydroxylation is 1. The number of carbonyl (C=O) groups is 2. The lowest BCUT2D eigenvalue weighted by Crippen LogP contribution is -2.26. The molecule has 1 N–H and O–H groups in total. The van der Waals surface area contributed by atoms with E-state index in [4.69, 9.17) is 37.5 Å². The molecule has 0 aliphatic carbocycles. The van der Waals surface area contributed by atoms with Gasteiger partial charge >= 0.3 is 5.97 Å². The molecular weight excluding hydrogens is 357 g/mol. The van der Waals surface area contributed by atoms with Gasteiger partial charge in [0.1, 0.15) is 22.8 Å². The molecule has 0 spiro atoms. The van der Waals surface area contributed by atoms with Gasteiger partial charge in [-0.25, -0.2) is 4.79 Å². The zero-order valence-electron chi connectivity index (χ0n) is 13.2. The molecule has 24 heavy (non-hydrogen) atoms. The number of hydrogen-bond donors (Lipinski definition) is 1. The van der Waals surface area contributed by atoms with E-state index < -0.39 is 5.97 Å². The van der Waals surface area contributed by atoms with E-state index in [1.54, 1.807) is 14.0 Å². The Morgan fingerprint density at radius 3 is 2.38 bits per heavy atom. The largest absolute Gasteiger partial charge is 0.496 e. The maximum Gasteiger partial charge on any atom is 0.339 e. The van der Waals surface area contributed by atoms with Crippen molar-refractivity contribution in [3.63, 3.8) is 0 Å². The topological polar surface area (TPSA) is 80.0 Å². The summed E-state index contributed by atoms with van der Waals surface area (Å²) < 4.78 is 10.5. The summed E-state index contributed by atoms with van der Waals surface area (Å²) in [4.78, 5) is 25.0. The van der Waals surface area contributed by atoms with Crippen LogP contribution in [0.5, 0.6) is 5.75 Å². The van der Waals surface area contributed by atoms with Gasteiger partial charge in [-0.1, -0.05) is 23.2 Å². The molecule has 1 aromatic carbocycles. The highest BCUT2D eigenvalue weighted by Crippen LogP contribution is 2.31. The van der Waals surface area contributed by atoms with Gasteiger partial charge in [0.25, 0.3) is 5.91 Å². The summed E-state index contributed by atoms with van der Waals surface area (Å²) in [5.74, 6) is -0.507. The second-order valence-electron chi connectivity index (χ2n) is 5.12. The number of carbonyl (C=O) groups excluding carboxylic acids is 1. The number of carboxylic acid groups (broad SMARTS) is 1. The summed E-state index contributed by atoms with van der Waals surface area (Å²) in [6, 6.07) is 4.29. The molecule has 0 saturated carbocycles. The first-order chi connectivity index (χ1) is 11.2. The molecular formula is C16H15Cl2NO5. The molecule has 128 valence electrons. The lowest BCUT2D eigenvalue weighted by molar-refractivity contribution is 0.0694. The Balaban J connectivity index is 2.26. The first kappa shape index (κ1) is 18.2. The van der Waals surface area contributed by atoms with Crippen LogP contribution in [-0.2, 0) is 6.54 Å². The van der Waals surface area contributed by atoms with Crippen LogP contribution in [0.1, 0.15) is 32.2 Å². The smallest absolute Gasteiger partial charge is 0.339 e. The Labute approximate surface area is 148 Å². The van der Waals surface area contributed by atoms with Crippen LogP contribution in [0.3, 0.4) is 0 Å². The average Bonchev–Trinajstić information content (AvgIpc) is 2.89. The van der Waals surface area contributed by atoms with Crippen LogP contribution < -0.4 is 4.74 Å². The van der Waals surface area contributed by atoms with Gasteiger partial charge in [0.15, 0.2) is 0 Å². The van der Waals surface area contributed by atoms with E-state index in [1.807, 2.05) is 0 Å². The summed E-state index contributed by atoms with van der Waals surface area (Å²) in [5.41, 5.74) is 0.314. The Morgan fingerprint density at radius 1 is 1.21 bits per heavy atom. The zero-order valence-corrected chi connectivity index (χ0v) is 14.7. The number of benzene rings is 1. The fourth-order valence-electron chi connectivity index (χ4n) is 2.21. The quantitative estimate of drug-likeness (QED) is 0.862. The van der Waals surface area contributed by atoms with Crippen molar-refractivity contribution in [3.8, 4) is 5.75 Å². The highest BCUT2D eigenvalue weighted by Gasteiger charge is 2.21. The number of amides is 1. The molecule has 2 rings (SSSR count). The average molecular weight is 372 g/mol. The zero-order chi connectivity index (χ0) is 18.0. The van der Waals surface area contributed by atoms with Crippen LogP contribution in [0, 0.1) is 6.92 Å². The van der Waals surface area contributed by atoms with Crippen LogP contribution in [0.15, 0.2) is 22.6 Å². The number of halogens is 2. The van der Waals surface area contributed by atoms with E-state index in [0.717, 1.165) is 0 Å². The molecule has 0 unspecified atom stereocenters. The van der Waals surface area contributed by atoms with E-state index in [1.165, 1.54) is 30.2 Å². The normalized spacial score (nSPS) is 10.5. The van der Waals surface area contributed by atoms with Crippen LogP contribution in [-0.4, -0.2) is 36.0 Å². The van der Waals surface area contributed by atoms with Crippen molar-refractivity contribution in [1.29, 1.82) is 0 Å². The maximum atomic E-state index is 12.6. The van der Waals surface area contributed by atoms with E-state index in [2.05, 4.69) is 0 Å². The molecule has 0 aliphatic heterocycles. The third-order valence-corrected chi connectivity index (χ3v) is 4.13. The van der Waals surface area contributed by atoms with Gasteiger partial charge < -0.3 is 19.2 Å². The molecule has 0 bridgehead atoms. The van der Waals surface area contributed by atoms with Crippen molar-refractivity contribution < 1.29 is 23.8 Å². The van der Waals surface area contributed by atoms with Crippen molar-refractivity contribution in [1.82, 2.24) is 4.90 Å². The second-order valence-corrected chi connectivity index (χ2v) is 5.93. The van der Waals surface area contributed by atoms with Crippen LogP contribution in [0.4, 0.5) is 0 Å². The van der Waals surface area contributed by atoms with Crippen molar-refractivity contribution in [2.45, 2.75) is 13.5 Å². The fourth-order valence-corrected chi connectivity index (χ4v) is 2.53. The van der Waals surface area contributed by atoms with Gasteiger partial charge in [-0.3, -0.25) is 4.79 Å². The Bertz CT molecular complexity index is 800. The number of rotatable bonds is 5. The van der Waals surface area contributed by atoms with Gasteiger partial charge in [-0.15, -0.1) is 0 Å². The Morgan fingerprint density at radius 2 is 1.83 bits per heavy atom. The Hall–Kier alpha value is -2.18. The summed E-state index contributed by atoms with van der Waals surface area (Å²) in [7, 11) is 2.98. The molecule has 1 heterocycles. The van der Waals surface area contributed by atoms with Crippen LogP contribution in [0.25, 0.3) is 0 Å². The summed E-state index contributed by atoms with van der Waals surface area (Å²) in [6.45, 7) is 1.65. The van der Waals surface area contributed by atoms with Gasteiger partial charge in [0.05, 0.1) is 29.3 Å². The predicted octanol–water partition coefficient (Wildman–Crippen LogP) is 3.87. The van der Waals surface area contributed by atoms with Crippen molar-refractivity contribution >= 4 is 35.1 Å². The second kappa shape index (κ2) is 7.15. The minimum Gasteiger partial charge on any atom is -0.496 e. The minimum absolute atomic E-state index is 0.0676. The number of furan rings is 1. The van der Waals surface area contributed by atoms with Gasteiger partial charge in [-0.2, -0.15) is 0 Å². The molecule has 0 atom stereocenters. The van der Waals surface area contributed by atoms with Gasteiger partial charge in [-0.05, 0) is 19.1 Å². The standard InChI is InChI=1S/C16H15Cl2NO5/c1-8-10(16(21)22)4-9(24-8)7-19(2)15(20)11-5-12(17)13(18)6-14(11)23-3/h4-6H,7H2,1-3H3,(H,21,22). The summed E-state index contributed by atoms with van der Waals surface area (Å²) in [6.07, 6.45) is 0. The predicted molar refractivity (Wildman–Crippen MR) is 89.2 cm³/mol. The molecule has 8 heteroatoms. The number of nitrogens with zero attached hydrogens (tertiary/aromatic N) is 1. The van der Waals surface area contributed by atoms with Gasteiger partial charge in [0, 0.05) is 13.1 Å². The minimum atomic E-state index is -1.08. The van der Waals surface area contributed by atoms with E-state index in [-0.39, 0.29) is 39.4 Å². The third kappa shape index (κ3) is 3.66. The first-order valence-electron chi connectivity index (χ1n) is 6.85. The molecule has 6 nitrogen and oxygen atoms in total. The highest BCUT2D eigenvalue weighted by molar-refractivity contribution is 6.42. The van der Waals surface area contributed by atoms with E-state index in [0.29, 0.717) is 11.5 Å². The van der Waals surface area contributed by atoms with Crippen molar-refractivity contribution in [2.24, 2.45) is 0 Å². The van der Waals surface area contributed by atoms with Crippen molar-refractivity contribution in [3.05, 3.63) is 50.9 Å². The highest BCUT2D eigenvalue weighted by atomic mass is 35.5. The lowest BCUT2D eigenvalue weighted by atomic mass is 10.1. The monoisotopic (exact) mass is 371 g/mol. The van der Waals surface area contributed by atoms with Crippen LogP contribution >= 0.6 is 23.2 Å². The number of ether oxygens (including phenoxy) is 1. The van der Waals surface area contributed by atoms with Crippen molar-refractivity contribution in [2.75, 3.05) is 14.2 Å². The number of aromatic carboxylic acids is 1. The van der Waals surface area contributed by atoms with E-state index in [9.17, 15) is 9.59 Å². The SMILES string of the molecule is COc1cc(Cl)c(Cl)cc1C(=O)N(C)Cc1cc(C(=O)O)c(C)o1. The molecule has 1 aromatic heterocycles. The molecule has 1 amide bonds. The molecule has 0 aliphatic rings. The van der Waals surface area contributed by atoms with Crippen LogP contribution in [0.2, 0.25) is 10.0 Å². The summed E-state index contributed by atoms with van der Waals surface area (Å²) in [5, 5.41) is 9.55. The number of methoxy groups -OCH3 is 1. The molecule has 0 saturated heterocycles. The fraction of sp³-hybridized carbons (Fsp3) is 0.250. The molecule has 2 aromatic rings. The Kier molecular flexibility index (Phi) is 5.41. The molecule has 0 radical (unpaired) electrons. The molecule has 0 fully saturated rings. The van der Waals surface area contributed by atoms with E-state index >= 15 is 0 Å². The van der Waals surface area contributed by atoms with Gasteiger partial charge in [0.2, 0.25) is 0 Å².